The maximum absolute atomic E-state index is 13.8. The van der Waals surface area contributed by atoms with Crippen LogP contribution in [0.3, 0.4) is 0 Å². The van der Waals surface area contributed by atoms with E-state index >= 15 is 0 Å². The Morgan fingerprint density at radius 2 is 1.77 bits per heavy atom. The Bertz CT molecular complexity index is 679. The van der Waals surface area contributed by atoms with Crippen molar-refractivity contribution in [3.63, 3.8) is 0 Å². The first kappa shape index (κ1) is 14.7. The minimum Gasteiger partial charge on any atom is -0.366 e. The highest BCUT2D eigenvalue weighted by Gasteiger charge is 2.31. The summed E-state index contributed by atoms with van der Waals surface area (Å²) in [6, 6.07) is 0. The molecule has 0 radical (unpaired) electrons. The van der Waals surface area contributed by atoms with Crippen molar-refractivity contribution in [1.82, 2.24) is 15.1 Å². The normalized spacial score (nSPS) is 18.8. The molecule has 1 atom stereocenters. The van der Waals surface area contributed by atoms with E-state index in [1.54, 1.807) is 6.92 Å². The molecule has 2 aromatic heterocycles. The third-order valence-corrected chi connectivity index (χ3v) is 3.60. The van der Waals surface area contributed by atoms with Gasteiger partial charge >= 0.3 is 0 Å². The smallest absolute Gasteiger partial charge is 0.253 e. The van der Waals surface area contributed by atoms with Crippen LogP contribution in [0.2, 0.25) is 0 Å². The van der Waals surface area contributed by atoms with Crippen LogP contribution in [0.4, 0.5) is 23.2 Å². The molecule has 5 nitrogen and oxygen atoms in total. The van der Waals surface area contributed by atoms with Crippen LogP contribution in [0.1, 0.15) is 30.5 Å². The van der Waals surface area contributed by atoms with Crippen LogP contribution in [0.25, 0.3) is 0 Å². The summed E-state index contributed by atoms with van der Waals surface area (Å²) >= 11 is 0. The van der Waals surface area contributed by atoms with Gasteiger partial charge in [-0.1, -0.05) is 5.16 Å². The predicted octanol–water partition coefficient (Wildman–Crippen LogP) is 2.71. The van der Waals surface area contributed by atoms with Crippen molar-refractivity contribution in [2.24, 2.45) is 0 Å². The predicted molar refractivity (Wildman–Crippen MR) is 67.3 cm³/mol. The average Bonchev–Trinajstić information content (AvgIpc) is 2.93. The number of halogens is 4. The Morgan fingerprint density at radius 3 is 2.36 bits per heavy atom. The minimum absolute atomic E-state index is 0.123. The number of rotatable bonds is 2. The fraction of sp³-hybridized carbons (Fsp3) is 0.462. The van der Waals surface area contributed by atoms with E-state index in [9.17, 15) is 17.6 Å². The average molecular weight is 316 g/mol. The molecule has 118 valence electrons. The third kappa shape index (κ3) is 2.51. The molecule has 1 aliphatic heterocycles. The van der Waals surface area contributed by atoms with Gasteiger partial charge in [0.05, 0.1) is 5.92 Å². The van der Waals surface area contributed by atoms with Gasteiger partial charge in [-0.25, -0.2) is 0 Å². The van der Waals surface area contributed by atoms with E-state index in [4.69, 9.17) is 4.52 Å². The first-order valence-corrected chi connectivity index (χ1v) is 6.72. The summed E-state index contributed by atoms with van der Waals surface area (Å²) in [4.78, 5) is 7.89. The Hall–Kier alpha value is -2.19. The fourth-order valence-corrected chi connectivity index (χ4v) is 2.61. The lowest BCUT2D eigenvalue weighted by Gasteiger charge is -2.33. The standard InChI is InChI=1S/C13H12F4N4O/c1-6-18-13(22-20-6)7-3-2-4-21(5-7)10-8(14)11(16)19-12(17)9(10)15/h7H,2-5H2,1H3. The number of hydrogen-bond donors (Lipinski definition) is 0. The Kier molecular flexibility index (Phi) is 3.71. The molecule has 0 aromatic carbocycles. The molecule has 1 fully saturated rings. The van der Waals surface area contributed by atoms with E-state index in [1.807, 2.05) is 0 Å². The molecule has 0 bridgehead atoms. The van der Waals surface area contributed by atoms with Gasteiger partial charge in [-0.2, -0.15) is 27.5 Å². The Morgan fingerprint density at radius 1 is 1.09 bits per heavy atom. The van der Waals surface area contributed by atoms with Gasteiger partial charge in [-0.05, 0) is 19.8 Å². The minimum atomic E-state index is -1.66. The molecule has 9 heteroatoms. The van der Waals surface area contributed by atoms with Crippen LogP contribution < -0.4 is 4.90 Å². The van der Waals surface area contributed by atoms with Crippen LogP contribution >= 0.6 is 0 Å². The summed E-state index contributed by atoms with van der Waals surface area (Å²) in [6.45, 7) is 2.04. The van der Waals surface area contributed by atoms with Crippen LogP contribution in [0.15, 0.2) is 4.52 Å². The summed E-state index contributed by atoms with van der Waals surface area (Å²) in [6.07, 6.45) is 1.24. The molecule has 0 amide bonds. The molecule has 2 aromatic rings. The Balaban J connectivity index is 1.92. The van der Waals surface area contributed by atoms with Gasteiger partial charge in [-0.3, -0.25) is 0 Å². The molecule has 3 heterocycles. The molecule has 22 heavy (non-hydrogen) atoms. The molecule has 1 aliphatic rings. The number of anilines is 1. The topological polar surface area (TPSA) is 55.1 Å². The fourth-order valence-electron chi connectivity index (χ4n) is 2.61. The number of hydrogen-bond acceptors (Lipinski definition) is 5. The maximum atomic E-state index is 13.8. The third-order valence-electron chi connectivity index (χ3n) is 3.60. The first-order valence-electron chi connectivity index (χ1n) is 6.72. The molecule has 3 rings (SSSR count). The summed E-state index contributed by atoms with van der Waals surface area (Å²) in [5.41, 5.74) is -0.745. The Labute approximate surface area is 122 Å². The second kappa shape index (κ2) is 5.54. The van der Waals surface area contributed by atoms with Crippen LogP contribution in [-0.2, 0) is 0 Å². The van der Waals surface area contributed by atoms with Crippen molar-refractivity contribution < 1.29 is 22.1 Å². The maximum Gasteiger partial charge on any atom is 0.253 e. The monoisotopic (exact) mass is 316 g/mol. The quantitative estimate of drug-likeness (QED) is 0.630. The number of piperidine rings is 1. The summed E-state index contributed by atoms with van der Waals surface area (Å²) in [7, 11) is 0. The molecule has 0 N–H and O–H groups in total. The van der Waals surface area contributed by atoms with E-state index in [2.05, 4.69) is 15.1 Å². The first-order chi connectivity index (χ1) is 10.5. The largest absolute Gasteiger partial charge is 0.366 e. The second-order valence-corrected chi connectivity index (χ2v) is 5.13. The van der Waals surface area contributed by atoms with Gasteiger partial charge in [-0.15, -0.1) is 0 Å². The lowest BCUT2D eigenvalue weighted by Crippen LogP contribution is -2.36. The summed E-state index contributed by atoms with van der Waals surface area (Å²) in [5.74, 6) is -5.78. The molecule has 0 spiro atoms. The molecule has 1 unspecified atom stereocenters. The van der Waals surface area contributed by atoms with E-state index in [0.29, 0.717) is 24.6 Å². The highest BCUT2D eigenvalue weighted by Crippen LogP contribution is 2.33. The number of aryl methyl sites for hydroxylation is 1. The van der Waals surface area contributed by atoms with Crippen molar-refractivity contribution in [2.75, 3.05) is 18.0 Å². The van der Waals surface area contributed by atoms with E-state index in [0.717, 1.165) is 0 Å². The van der Waals surface area contributed by atoms with Gasteiger partial charge < -0.3 is 9.42 Å². The van der Waals surface area contributed by atoms with Crippen molar-refractivity contribution >= 4 is 5.69 Å². The van der Waals surface area contributed by atoms with Crippen molar-refractivity contribution in [3.05, 3.63) is 35.2 Å². The molecule has 0 saturated carbocycles. The molecule has 1 saturated heterocycles. The molecule has 0 aliphatic carbocycles. The zero-order chi connectivity index (χ0) is 15.9. The zero-order valence-corrected chi connectivity index (χ0v) is 11.6. The van der Waals surface area contributed by atoms with Crippen molar-refractivity contribution in [2.45, 2.75) is 25.7 Å². The zero-order valence-electron chi connectivity index (χ0n) is 11.6. The van der Waals surface area contributed by atoms with Crippen molar-refractivity contribution in [1.29, 1.82) is 0 Å². The highest BCUT2D eigenvalue weighted by molar-refractivity contribution is 5.49. The van der Waals surface area contributed by atoms with E-state index in [-0.39, 0.29) is 19.0 Å². The molecular formula is C13H12F4N4O. The van der Waals surface area contributed by atoms with Gasteiger partial charge in [0.25, 0.3) is 11.9 Å². The lowest BCUT2D eigenvalue weighted by molar-refractivity contribution is 0.328. The van der Waals surface area contributed by atoms with E-state index < -0.39 is 29.2 Å². The van der Waals surface area contributed by atoms with E-state index in [1.165, 1.54) is 4.90 Å². The molecular weight excluding hydrogens is 304 g/mol. The SMILES string of the molecule is Cc1noc(C2CCCN(c3c(F)c(F)nc(F)c3F)C2)n1. The highest BCUT2D eigenvalue weighted by atomic mass is 19.2. The van der Waals surface area contributed by atoms with Gasteiger partial charge in [0, 0.05) is 13.1 Å². The van der Waals surface area contributed by atoms with Crippen LogP contribution in [0.5, 0.6) is 0 Å². The second-order valence-electron chi connectivity index (χ2n) is 5.13. The number of nitrogens with zero attached hydrogens (tertiary/aromatic N) is 4. The summed E-state index contributed by atoms with van der Waals surface area (Å²) in [5, 5.41) is 3.67. The van der Waals surface area contributed by atoms with Crippen LogP contribution in [0, 0.1) is 30.5 Å². The van der Waals surface area contributed by atoms with Gasteiger partial charge in [0.1, 0.15) is 5.69 Å². The van der Waals surface area contributed by atoms with Gasteiger partial charge in [0.15, 0.2) is 5.82 Å². The van der Waals surface area contributed by atoms with Crippen molar-refractivity contribution in [3.8, 4) is 0 Å². The number of aromatic nitrogens is 3. The lowest BCUT2D eigenvalue weighted by atomic mass is 9.97. The van der Waals surface area contributed by atoms with Crippen LogP contribution in [-0.4, -0.2) is 28.2 Å². The number of pyridine rings is 1. The van der Waals surface area contributed by atoms with Gasteiger partial charge in [0.2, 0.25) is 17.5 Å². The summed E-state index contributed by atoms with van der Waals surface area (Å²) < 4.78 is 59.2.